The molecule has 0 aliphatic rings. The van der Waals surface area contributed by atoms with Crippen LogP contribution in [0.4, 0.5) is 5.82 Å². The van der Waals surface area contributed by atoms with E-state index in [9.17, 15) is 19.7 Å². The van der Waals surface area contributed by atoms with Gasteiger partial charge in [-0.2, -0.15) is 0 Å². The molecule has 0 saturated heterocycles. The van der Waals surface area contributed by atoms with Gasteiger partial charge in [-0.3, -0.25) is 14.2 Å². The van der Waals surface area contributed by atoms with Crippen molar-refractivity contribution in [2.45, 2.75) is 12.5 Å². The van der Waals surface area contributed by atoms with Crippen LogP contribution in [0.3, 0.4) is 0 Å². The molecule has 0 radical (unpaired) electrons. The molecule has 3 aromatic rings. The standard InChI is InChI=1S/C19H15N3O4/c23-17(14-7-3-1-4-8-14)11-16(19(24)15-9-5-2-6-10-15)21-12-18(20-13-21)22(25)26/h1-10,12-13,16H,11H2. The van der Waals surface area contributed by atoms with Crippen molar-refractivity contribution < 1.29 is 14.5 Å². The van der Waals surface area contributed by atoms with Crippen LogP contribution in [0.25, 0.3) is 0 Å². The van der Waals surface area contributed by atoms with E-state index < -0.39 is 11.0 Å². The van der Waals surface area contributed by atoms with E-state index in [-0.39, 0.29) is 23.8 Å². The van der Waals surface area contributed by atoms with Gasteiger partial charge in [0.05, 0.1) is 0 Å². The van der Waals surface area contributed by atoms with E-state index in [4.69, 9.17) is 0 Å². The number of Topliss-reactive ketones (excluding diaryl/α,β-unsaturated/α-hetero) is 2. The number of benzene rings is 2. The van der Waals surface area contributed by atoms with E-state index in [2.05, 4.69) is 4.98 Å². The van der Waals surface area contributed by atoms with Gasteiger partial charge in [-0.25, -0.2) is 0 Å². The molecule has 0 aliphatic heterocycles. The molecule has 7 heteroatoms. The number of nitrogens with zero attached hydrogens (tertiary/aromatic N) is 3. The number of aromatic nitrogens is 2. The fourth-order valence-electron chi connectivity index (χ4n) is 2.64. The smallest absolute Gasteiger partial charge is 0.358 e. The molecule has 7 nitrogen and oxygen atoms in total. The van der Waals surface area contributed by atoms with Crippen LogP contribution in [-0.4, -0.2) is 26.0 Å². The SMILES string of the molecule is O=C(CC(C(=O)c1ccccc1)n1cnc([N+](=O)[O-])c1)c1ccccc1. The molecule has 1 unspecified atom stereocenters. The molecule has 0 fully saturated rings. The minimum Gasteiger partial charge on any atom is -0.358 e. The van der Waals surface area contributed by atoms with Gasteiger partial charge in [-0.05, 0) is 9.91 Å². The minimum absolute atomic E-state index is 0.120. The summed E-state index contributed by atoms with van der Waals surface area (Å²) in [4.78, 5) is 39.5. The summed E-state index contributed by atoms with van der Waals surface area (Å²) in [6.45, 7) is 0. The first-order chi connectivity index (χ1) is 12.6. The van der Waals surface area contributed by atoms with Crippen LogP contribution in [0.5, 0.6) is 0 Å². The lowest BCUT2D eigenvalue weighted by Crippen LogP contribution is -2.22. The van der Waals surface area contributed by atoms with Gasteiger partial charge in [0.1, 0.15) is 12.2 Å². The molecule has 2 aromatic carbocycles. The first-order valence-corrected chi connectivity index (χ1v) is 7.91. The molecule has 0 spiro atoms. The zero-order valence-corrected chi connectivity index (χ0v) is 13.7. The summed E-state index contributed by atoms with van der Waals surface area (Å²) < 4.78 is 1.33. The Bertz CT molecular complexity index is 936. The monoisotopic (exact) mass is 349 g/mol. The predicted octanol–water partition coefficient (Wildman–Crippen LogP) is 3.49. The summed E-state index contributed by atoms with van der Waals surface area (Å²) in [6.07, 6.45) is 2.26. The summed E-state index contributed by atoms with van der Waals surface area (Å²) in [5, 5.41) is 10.9. The lowest BCUT2D eigenvalue weighted by Gasteiger charge is -2.16. The molecule has 0 amide bonds. The lowest BCUT2D eigenvalue weighted by molar-refractivity contribution is -0.389. The summed E-state index contributed by atoms with van der Waals surface area (Å²) in [7, 11) is 0. The van der Waals surface area contributed by atoms with E-state index in [0.717, 1.165) is 0 Å². The molecule has 0 N–H and O–H groups in total. The molecule has 3 rings (SSSR count). The van der Waals surface area contributed by atoms with Crippen LogP contribution in [-0.2, 0) is 0 Å². The quantitative estimate of drug-likeness (QED) is 0.370. The maximum atomic E-state index is 12.9. The normalized spacial score (nSPS) is 11.7. The Morgan fingerprint density at radius 2 is 1.58 bits per heavy atom. The largest absolute Gasteiger partial charge is 0.381 e. The Morgan fingerprint density at radius 3 is 2.12 bits per heavy atom. The second-order valence-corrected chi connectivity index (χ2v) is 5.68. The molecule has 1 heterocycles. The number of ketones is 2. The van der Waals surface area contributed by atoms with E-state index in [1.165, 1.54) is 17.1 Å². The van der Waals surface area contributed by atoms with E-state index in [0.29, 0.717) is 11.1 Å². The highest BCUT2D eigenvalue weighted by Crippen LogP contribution is 2.23. The Balaban J connectivity index is 1.94. The summed E-state index contributed by atoms with van der Waals surface area (Å²) in [6, 6.07) is 16.2. The number of hydrogen-bond acceptors (Lipinski definition) is 5. The van der Waals surface area contributed by atoms with Crippen molar-refractivity contribution in [3.05, 3.63) is 94.4 Å². The van der Waals surface area contributed by atoms with Crippen LogP contribution < -0.4 is 0 Å². The Hall–Kier alpha value is -3.61. The maximum absolute atomic E-state index is 12.9. The van der Waals surface area contributed by atoms with Gasteiger partial charge in [-0.1, -0.05) is 60.7 Å². The second-order valence-electron chi connectivity index (χ2n) is 5.68. The van der Waals surface area contributed by atoms with E-state index in [1.54, 1.807) is 60.7 Å². The lowest BCUT2D eigenvalue weighted by atomic mass is 9.96. The van der Waals surface area contributed by atoms with Crippen LogP contribution in [0.2, 0.25) is 0 Å². The summed E-state index contributed by atoms with van der Waals surface area (Å²) in [5.74, 6) is -0.901. The Morgan fingerprint density at radius 1 is 1.00 bits per heavy atom. The van der Waals surface area contributed by atoms with Crippen molar-refractivity contribution in [3.8, 4) is 0 Å². The highest BCUT2D eigenvalue weighted by Gasteiger charge is 2.27. The van der Waals surface area contributed by atoms with Crippen LogP contribution >= 0.6 is 0 Å². The molecular formula is C19H15N3O4. The summed E-state index contributed by atoms with van der Waals surface area (Å²) >= 11 is 0. The van der Waals surface area contributed by atoms with Crippen LogP contribution in [0, 0.1) is 10.1 Å². The van der Waals surface area contributed by atoms with Crippen molar-refractivity contribution in [1.29, 1.82) is 0 Å². The van der Waals surface area contributed by atoms with Crippen molar-refractivity contribution in [2.75, 3.05) is 0 Å². The number of rotatable bonds is 7. The average Bonchev–Trinajstić information content (AvgIpc) is 3.17. The van der Waals surface area contributed by atoms with Gasteiger partial charge in [-0.15, -0.1) is 0 Å². The van der Waals surface area contributed by atoms with Crippen LogP contribution in [0.15, 0.2) is 73.2 Å². The van der Waals surface area contributed by atoms with Gasteiger partial charge in [0.25, 0.3) is 0 Å². The zero-order valence-electron chi connectivity index (χ0n) is 13.7. The van der Waals surface area contributed by atoms with Crippen molar-refractivity contribution in [3.63, 3.8) is 0 Å². The fourth-order valence-corrected chi connectivity index (χ4v) is 2.64. The number of carbonyl (C=O) groups excluding carboxylic acids is 2. The molecule has 130 valence electrons. The number of imidazole rings is 1. The topological polar surface area (TPSA) is 95.1 Å². The first-order valence-electron chi connectivity index (χ1n) is 7.91. The highest BCUT2D eigenvalue weighted by atomic mass is 16.6. The Kier molecular flexibility index (Phi) is 4.98. The Labute approximate surface area is 149 Å². The van der Waals surface area contributed by atoms with Gasteiger partial charge in [0.2, 0.25) is 6.33 Å². The average molecular weight is 349 g/mol. The van der Waals surface area contributed by atoms with Gasteiger partial charge >= 0.3 is 5.82 Å². The van der Waals surface area contributed by atoms with Gasteiger partial charge < -0.3 is 10.1 Å². The molecule has 0 aliphatic carbocycles. The van der Waals surface area contributed by atoms with Gasteiger partial charge in [0, 0.05) is 17.5 Å². The zero-order chi connectivity index (χ0) is 18.5. The molecular weight excluding hydrogens is 334 g/mol. The van der Waals surface area contributed by atoms with E-state index >= 15 is 0 Å². The molecule has 1 atom stereocenters. The highest BCUT2D eigenvalue weighted by molar-refractivity contribution is 6.04. The molecule has 0 bridgehead atoms. The van der Waals surface area contributed by atoms with E-state index in [1.807, 2.05) is 0 Å². The predicted molar refractivity (Wildman–Crippen MR) is 94.1 cm³/mol. The third kappa shape index (κ3) is 3.72. The third-order valence-corrected chi connectivity index (χ3v) is 3.97. The molecule has 1 aromatic heterocycles. The van der Waals surface area contributed by atoms with Crippen molar-refractivity contribution in [2.24, 2.45) is 0 Å². The summed E-state index contributed by atoms with van der Waals surface area (Å²) in [5.41, 5.74) is 0.905. The molecule has 0 saturated carbocycles. The number of hydrogen-bond donors (Lipinski definition) is 0. The van der Waals surface area contributed by atoms with Crippen LogP contribution in [0.1, 0.15) is 33.2 Å². The van der Waals surface area contributed by atoms with Gasteiger partial charge in [0.15, 0.2) is 11.6 Å². The third-order valence-electron chi connectivity index (χ3n) is 3.97. The molecule has 26 heavy (non-hydrogen) atoms. The van der Waals surface area contributed by atoms with Crippen molar-refractivity contribution >= 4 is 17.4 Å². The second kappa shape index (κ2) is 7.52. The number of carbonyl (C=O) groups is 2. The minimum atomic E-state index is -0.911. The fraction of sp³-hybridized carbons (Fsp3) is 0.105. The number of nitro groups is 1. The van der Waals surface area contributed by atoms with Crippen molar-refractivity contribution in [1.82, 2.24) is 9.55 Å². The first kappa shape index (κ1) is 17.2. The maximum Gasteiger partial charge on any atom is 0.381 e.